The van der Waals surface area contributed by atoms with E-state index in [0.29, 0.717) is 23.7 Å². The van der Waals surface area contributed by atoms with Crippen LogP contribution in [0.5, 0.6) is 0 Å². The number of H-pyrrole nitrogens is 1. The summed E-state index contributed by atoms with van der Waals surface area (Å²) in [5, 5.41) is 12.5. The number of tetrazole rings is 1. The van der Waals surface area contributed by atoms with E-state index in [4.69, 9.17) is 0 Å². The molecule has 1 aliphatic heterocycles. The second-order valence-corrected chi connectivity index (χ2v) is 6.63. The quantitative estimate of drug-likeness (QED) is 0.599. The van der Waals surface area contributed by atoms with Crippen LogP contribution in [-0.2, 0) is 0 Å². The molecule has 1 N–H and O–H groups in total. The minimum Gasteiger partial charge on any atom is -0.346 e. The van der Waals surface area contributed by atoms with Crippen molar-refractivity contribution in [3.8, 4) is 0 Å². The van der Waals surface area contributed by atoms with Crippen molar-refractivity contribution in [2.45, 2.75) is 18.8 Å². The molecule has 1 saturated heterocycles. The number of carbonyl (C=O) groups excluding carboxylic acids is 1. The summed E-state index contributed by atoms with van der Waals surface area (Å²) in [5.74, 6) is 0.326. The Bertz CT molecular complexity index is 1100. The molecule has 0 spiro atoms. The lowest BCUT2D eigenvalue weighted by molar-refractivity contribution is 0.0707. The molecule has 4 aromatic rings. The highest BCUT2D eigenvalue weighted by molar-refractivity contribution is 5.94. The van der Waals surface area contributed by atoms with Gasteiger partial charge in [0.2, 0.25) is 0 Å². The summed E-state index contributed by atoms with van der Waals surface area (Å²) in [5.41, 5.74) is 3.37. The second-order valence-electron chi connectivity index (χ2n) is 6.63. The predicted octanol–water partition coefficient (Wildman–Crippen LogP) is 2.02. The van der Waals surface area contributed by atoms with Gasteiger partial charge in [0.25, 0.3) is 5.91 Å². The average Bonchev–Trinajstić information content (AvgIpc) is 3.33. The summed E-state index contributed by atoms with van der Waals surface area (Å²) < 4.78 is 1.53. The van der Waals surface area contributed by atoms with E-state index in [0.717, 1.165) is 30.4 Å². The molecule has 8 heteroatoms. The molecule has 0 aromatic carbocycles. The molecule has 1 atom stereocenters. The van der Waals surface area contributed by atoms with Gasteiger partial charge >= 0.3 is 0 Å². The smallest absolute Gasteiger partial charge is 0.255 e. The SMILES string of the molecule is O=C(c1ccc2nnnn2c1)N1CCCC(c2c[nH]c3ncccc23)C1. The molecule has 5 rings (SSSR count). The van der Waals surface area contributed by atoms with Crippen molar-refractivity contribution in [1.29, 1.82) is 0 Å². The van der Waals surface area contributed by atoms with Crippen molar-refractivity contribution in [1.82, 2.24) is 34.9 Å². The Morgan fingerprint density at radius 2 is 2.23 bits per heavy atom. The Kier molecular flexibility index (Phi) is 3.41. The first-order valence-corrected chi connectivity index (χ1v) is 8.68. The third-order valence-electron chi connectivity index (χ3n) is 5.07. The first-order valence-electron chi connectivity index (χ1n) is 8.68. The van der Waals surface area contributed by atoms with Crippen molar-refractivity contribution in [3.63, 3.8) is 0 Å². The van der Waals surface area contributed by atoms with Gasteiger partial charge in [-0.25, -0.2) is 4.98 Å². The van der Waals surface area contributed by atoms with Gasteiger partial charge in [-0.15, -0.1) is 5.10 Å². The first kappa shape index (κ1) is 15.0. The van der Waals surface area contributed by atoms with Crippen molar-refractivity contribution in [2.75, 3.05) is 13.1 Å². The predicted molar refractivity (Wildman–Crippen MR) is 94.8 cm³/mol. The lowest BCUT2D eigenvalue weighted by Gasteiger charge is -2.32. The highest BCUT2D eigenvalue weighted by Gasteiger charge is 2.27. The van der Waals surface area contributed by atoms with Crippen molar-refractivity contribution in [2.24, 2.45) is 0 Å². The minimum atomic E-state index is 0.0186. The van der Waals surface area contributed by atoms with E-state index >= 15 is 0 Å². The molecule has 1 amide bonds. The summed E-state index contributed by atoms with van der Waals surface area (Å²) in [6, 6.07) is 7.58. The van der Waals surface area contributed by atoms with Gasteiger partial charge in [0.1, 0.15) is 5.65 Å². The van der Waals surface area contributed by atoms with Crippen molar-refractivity contribution >= 4 is 22.6 Å². The summed E-state index contributed by atoms with van der Waals surface area (Å²) in [6.45, 7) is 1.47. The molecule has 5 heterocycles. The van der Waals surface area contributed by atoms with Crippen LogP contribution in [0.3, 0.4) is 0 Å². The number of aromatic amines is 1. The number of hydrogen-bond acceptors (Lipinski definition) is 5. The Labute approximate surface area is 148 Å². The number of hydrogen-bond donors (Lipinski definition) is 1. The highest BCUT2D eigenvalue weighted by Crippen LogP contribution is 2.32. The largest absolute Gasteiger partial charge is 0.346 e. The fourth-order valence-electron chi connectivity index (χ4n) is 3.78. The maximum absolute atomic E-state index is 13.0. The summed E-state index contributed by atoms with van der Waals surface area (Å²) >= 11 is 0. The molecule has 0 bridgehead atoms. The number of likely N-dealkylation sites (tertiary alicyclic amines) is 1. The van der Waals surface area contributed by atoms with Crippen LogP contribution in [0.2, 0.25) is 0 Å². The van der Waals surface area contributed by atoms with Gasteiger partial charge < -0.3 is 9.88 Å². The molecule has 0 radical (unpaired) electrons. The van der Waals surface area contributed by atoms with E-state index in [2.05, 4.69) is 31.6 Å². The summed E-state index contributed by atoms with van der Waals surface area (Å²) in [7, 11) is 0. The van der Waals surface area contributed by atoms with Gasteiger partial charge in [-0.3, -0.25) is 4.79 Å². The van der Waals surface area contributed by atoms with E-state index in [1.807, 2.05) is 17.2 Å². The Hall–Kier alpha value is -3.29. The molecular weight excluding hydrogens is 330 g/mol. The molecule has 0 saturated carbocycles. The third kappa shape index (κ3) is 2.42. The van der Waals surface area contributed by atoms with E-state index in [9.17, 15) is 4.79 Å². The van der Waals surface area contributed by atoms with E-state index in [1.165, 1.54) is 10.1 Å². The zero-order chi connectivity index (χ0) is 17.5. The minimum absolute atomic E-state index is 0.0186. The van der Waals surface area contributed by atoms with Crippen LogP contribution in [0.4, 0.5) is 0 Å². The monoisotopic (exact) mass is 347 g/mol. The number of piperidine rings is 1. The molecule has 26 heavy (non-hydrogen) atoms. The number of rotatable bonds is 2. The normalized spacial score (nSPS) is 17.8. The number of nitrogens with zero attached hydrogens (tertiary/aromatic N) is 6. The lowest BCUT2D eigenvalue weighted by atomic mass is 9.90. The van der Waals surface area contributed by atoms with E-state index in [1.54, 1.807) is 24.5 Å². The standard InChI is InChI=1S/C18H17N7O/c26-18(13-5-6-16-21-22-23-25(16)11-13)24-8-2-3-12(10-24)15-9-20-17-14(15)4-1-7-19-17/h1,4-7,9,11-12H,2-3,8,10H2,(H,19,20). The van der Waals surface area contributed by atoms with Gasteiger partial charge in [0.15, 0.2) is 5.65 Å². The zero-order valence-electron chi connectivity index (χ0n) is 14.0. The topological polar surface area (TPSA) is 92.1 Å². The van der Waals surface area contributed by atoms with Gasteiger partial charge in [0.05, 0.1) is 5.56 Å². The molecule has 1 unspecified atom stereocenters. The lowest BCUT2D eigenvalue weighted by Crippen LogP contribution is -2.39. The average molecular weight is 347 g/mol. The number of nitrogens with one attached hydrogen (secondary N) is 1. The highest BCUT2D eigenvalue weighted by atomic mass is 16.2. The van der Waals surface area contributed by atoms with Crippen LogP contribution >= 0.6 is 0 Å². The fraction of sp³-hybridized carbons (Fsp3) is 0.278. The maximum Gasteiger partial charge on any atom is 0.255 e. The van der Waals surface area contributed by atoms with Gasteiger partial charge in [0, 0.05) is 43.0 Å². The number of aromatic nitrogens is 6. The molecule has 1 aliphatic rings. The van der Waals surface area contributed by atoms with Crippen molar-refractivity contribution < 1.29 is 4.79 Å². The third-order valence-corrected chi connectivity index (χ3v) is 5.07. The molecular formula is C18H17N7O. The van der Waals surface area contributed by atoms with Crippen LogP contribution in [0, 0.1) is 0 Å². The van der Waals surface area contributed by atoms with Crippen LogP contribution in [-0.4, -0.2) is 53.9 Å². The van der Waals surface area contributed by atoms with Crippen LogP contribution in [0.15, 0.2) is 42.9 Å². The number of fused-ring (bicyclic) bond motifs is 2. The molecule has 8 nitrogen and oxygen atoms in total. The van der Waals surface area contributed by atoms with Gasteiger partial charge in [-0.05, 0) is 53.1 Å². The van der Waals surface area contributed by atoms with Gasteiger partial charge in [-0.1, -0.05) is 0 Å². The fourth-order valence-corrected chi connectivity index (χ4v) is 3.78. The zero-order valence-corrected chi connectivity index (χ0v) is 14.0. The van der Waals surface area contributed by atoms with E-state index in [-0.39, 0.29) is 5.91 Å². The van der Waals surface area contributed by atoms with E-state index < -0.39 is 0 Å². The first-order chi connectivity index (χ1) is 12.8. The molecule has 4 aromatic heterocycles. The van der Waals surface area contributed by atoms with Crippen LogP contribution < -0.4 is 0 Å². The number of amides is 1. The number of pyridine rings is 2. The molecule has 0 aliphatic carbocycles. The second kappa shape index (κ2) is 5.91. The van der Waals surface area contributed by atoms with Crippen LogP contribution in [0.25, 0.3) is 16.7 Å². The summed E-state index contributed by atoms with van der Waals surface area (Å²) in [4.78, 5) is 22.5. The molecule has 1 fully saturated rings. The molecule has 130 valence electrons. The van der Waals surface area contributed by atoms with Gasteiger partial charge in [-0.2, -0.15) is 4.52 Å². The Balaban J connectivity index is 1.42. The number of carbonyl (C=O) groups is 1. The van der Waals surface area contributed by atoms with Crippen molar-refractivity contribution in [3.05, 3.63) is 54.0 Å². The summed E-state index contributed by atoms with van der Waals surface area (Å²) in [6.07, 6.45) is 7.56. The Morgan fingerprint density at radius 1 is 1.27 bits per heavy atom. The Morgan fingerprint density at radius 3 is 3.19 bits per heavy atom. The van der Waals surface area contributed by atoms with Crippen LogP contribution in [0.1, 0.15) is 34.7 Å². The maximum atomic E-state index is 13.0.